The van der Waals surface area contributed by atoms with E-state index in [2.05, 4.69) is 5.32 Å². The number of esters is 1. The lowest BCUT2D eigenvalue weighted by Crippen LogP contribution is -2.13. The van der Waals surface area contributed by atoms with Crippen LogP contribution in [-0.4, -0.2) is 16.8 Å². The van der Waals surface area contributed by atoms with Crippen LogP contribution in [0.5, 0.6) is 5.75 Å². The lowest BCUT2D eigenvalue weighted by Gasteiger charge is -2.10. The van der Waals surface area contributed by atoms with E-state index in [0.29, 0.717) is 5.56 Å². The van der Waals surface area contributed by atoms with Crippen LogP contribution in [0.3, 0.4) is 0 Å². The van der Waals surface area contributed by atoms with E-state index in [1.54, 1.807) is 0 Å². The highest BCUT2D eigenvalue weighted by Crippen LogP contribution is 2.26. The number of anilines is 1. The third-order valence-corrected chi connectivity index (χ3v) is 4.67. The largest absolute Gasteiger partial charge is 0.423 e. The van der Waals surface area contributed by atoms with Crippen LogP contribution in [-0.2, 0) is 0 Å². The maximum atomic E-state index is 12.5. The third-order valence-electron chi connectivity index (χ3n) is 4.35. The van der Waals surface area contributed by atoms with E-state index in [1.807, 2.05) is 32.0 Å². The van der Waals surface area contributed by atoms with Crippen molar-refractivity contribution >= 4 is 34.9 Å². The molecule has 152 valence electrons. The Labute approximate surface area is 177 Å². The molecule has 30 heavy (non-hydrogen) atoms. The molecule has 0 fully saturated rings. The summed E-state index contributed by atoms with van der Waals surface area (Å²) in [6.07, 6.45) is 0. The van der Waals surface area contributed by atoms with E-state index in [1.165, 1.54) is 36.4 Å². The number of aryl methyl sites for hydroxylation is 2. The molecule has 0 aromatic heterocycles. The molecule has 0 atom stereocenters. The zero-order valence-corrected chi connectivity index (χ0v) is 16.9. The van der Waals surface area contributed by atoms with Crippen molar-refractivity contribution in [1.82, 2.24) is 0 Å². The molecule has 3 aromatic carbocycles. The van der Waals surface area contributed by atoms with E-state index in [0.717, 1.165) is 22.9 Å². The van der Waals surface area contributed by atoms with E-state index >= 15 is 0 Å². The molecule has 0 aliphatic rings. The molecule has 3 rings (SSSR count). The Hall–Kier alpha value is -3.71. The Balaban J connectivity index is 1.70. The van der Waals surface area contributed by atoms with E-state index in [9.17, 15) is 19.7 Å². The molecule has 0 heterocycles. The van der Waals surface area contributed by atoms with Gasteiger partial charge >= 0.3 is 5.97 Å². The summed E-state index contributed by atoms with van der Waals surface area (Å²) in [6, 6.07) is 15.4. The quantitative estimate of drug-likeness (QED) is 0.258. The topological polar surface area (TPSA) is 98.5 Å². The minimum atomic E-state index is -0.776. The number of amides is 1. The van der Waals surface area contributed by atoms with E-state index < -0.39 is 10.9 Å². The van der Waals surface area contributed by atoms with Gasteiger partial charge in [0.2, 0.25) is 0 Å². The summed E-state index contributed by atoms with van der Waals surface area (Å²) in [4.78, 5) is 35.0. The highest BCUT2D eigenvalue weighted by Gasteiger charge is 2.18. The number of carbonyl (C=O) groups is 2. The summed E-state index contributed by atoms with van der Waals surface area (Å²) >= 11 is 5.75. The normalized spacial score (nSPS) is 10.4. The molecule has 3 aromatic rings. The summed E-state index contributed by atoms with van der Waals surface area (Å²) in [7, 11) is 0. The van der Waals surface area contributed by atoms with Crippen LogP contribution in [0.4, 0.5) is 11.4 Å². The van der Waals surface area contributed by atoms with Crippen LogP contribution in [0.25, 0.3) is 0 Å². The smallest absolute Gasteiger partial charge is 0.343 e. The Bertz CT molecular complexity index is 1140. The van der Waals surface area contributed by atoms with Gasteiger partial charge in [-0.2, -0.15) is 0 Å². The number of rotatable bonds is 5. The van der Waals surface area contributed by atoms with Crippen LogP contribution in [0, 0.1) is 24.0 Å². The second kappa shape index (κ2) is 8.75. The number of hydrogen-bond acceptors (Lipinski definition) is 5. The van der Waals surface area contributed by atoms with Gasteiger partial charge in [0, 0.05) is 17.3 Å². The average molecular weight is 425 g/mol. The first-order valence-corrected chi connectivity index (χ1v) is 9.27. The van der Waals surface area contributed by atoms with Crippen molar-refractivity contribution in [3.8, 4) is 5.75 Å². The zero-order chi connectivity index (χ0) is 21.8. The van der Waals surface area contributed by atoms with Crippen molar-refractivity contribution in [3.05, 3.63) is 98.1 Å². The van der Waals surface area contributed by atoms with Gasteiger partial charge in [0.15, 0.2) is 0 Å². The molecular formula is C22H17ClN2O5. The molecule has 0 aliphatic heterocycles. The summed E-state index contributed by atoms with van der Waals surface area (Å²) in [6.45, 7) is 3.84. The Morgan fingerprint density at radius 1 is 0.967 bits per heavy atom. The molecule has 0 radical (unpaired) electrons. The average Bonchev–Trinajstić information content (AvgIpc) is 2.71. The number of nitro groups is 1. The Morgan fingerprint density at radius 3 is 2.30 bits per heavy atom. The molecule has 1 amide bonds. The minimum Gasteiger partial charge on any atom is -0.423 e. The first-order chi connectivity index (χ1) is 14.2. The van der Waals surface area contributed by atoms with E-state index in [-0.39, 0.29) is 27.9 Å². The number of nitro benzene ring substituents is 1. The van der Waals surface area contributed by atoms with Gasteiger partial charge < -0.3 is 10.1 Å². The van der Waals surface area contributed by atoms with Crippen molar-refractivity contribution in [2.45, 2.75) is 13.8 Å². The number of nitrogens with one attached hydrogen (secondary N) is 1. The lowest BCUT2D eigenvalue weighted by atomic mass is 10.1. The van der Waals surface area contributed by atoms with Crippen LogP contribution in [0.2, 0.25) is 5.02 Å². The van der Waals surface area contributed by atoms with Crippen LogP contribution in [0.1, 0.15) is 31.8 Å². The van der Waals surface area contributed by atoms with Gasteiger partial charge in [0.25, 0.3) is 11.6 Å². The molecule has 0 spiro atoms. The van der Waals surface area contributed by atoms with Gasteiger partial charge in [-0.05, 0) is 67.4 Å². The molecule has 0 bridgehead atoms. The predicted octanol–water partition coefficient (Wildman–Crippen LogP) is 5.34. The molecule has 7 nitrogen and oxygen atoms in total. The monoisotopic (exact) mass is 424 g/mol. The second-order valence-electron chi connectivity index (χ2n) is 6.61. The van der Waals surface area contributed by atoms with Crippen molar-refractivity contribution in [1.29, 1.82) is 0 Å². The molecule has 0 saturated carbocycles. The molecule has 0 saturated heterocycles. The molecule has 1 N–H and O–H groups in total. The van der Waals surface area contributed by atoms with Gasteiger partial charge in [0.1, 0.15) is 10.8 Å². The van der Waals surface area contributed by atoms with E-state index in [4.69, 9.17) is 16.3 Å². The third kappa shape index (κ3) is 4.82. The fourth-order valence-electron chi connectivity index (χ4n) is 2.68. The number of benzene rings is 3. The summed E-state index contributed by atoms with van der Waals surface area (Å²) in [5, 5.41) is 13.7. The van der Waals surface area contributed by atoms with Crippen molar-refractivity contribution < 1.29 is 19.2 Å². The fourth-order valence-corrected chi connectivity index (χ4v) is 2.87. The highest BCUT2D eigenvalue weighted by atomic mass is 35.5. The molecule has 8 heteroatoms. The van der Waals surface area contributed by atoms with Crippen LogP contribution >= 0.6 is 11.6 Å². The van der Waals surface area contributed by atoms with Gasteiger partial charge in [-0.1, -0.05) is 23.7 Å². The van der Waals surface area contributed by atoms with Gasteiger partial charge in [-0.3, -0.25) is 14.9 Å². The number of nitrogens with zero attached hydrogens (tertiary/aromatic N) is 1. The maximum Gasteiger partial charge on any atom is 0.343 e. The predicted molar refractivity (Wildman–Crippen MR) is 113 cm³/mol. The van der Waals surface area contributed by atoms with Gasteiger partial charge in [-0.25, -0.2) is 4.79 Å². The number of carbonyl (C=O) groups excluding carboxylic acids is 2. The molecular weight excluding hydrogens is 408 g/mol. The standard InChI is InChI=1S/C22H17ClN2O5/c1-13-3-4-14(2)19(11-13)24-21(26)15-5-8-17(9-6-15)30-22(27)16-7-10-18(23)20(12-16)25(28)29/h3-12H,1-2H3,(H,24,26). The first kappa shape index (κ1) is 21.0. The summed E-state index contributed by atoms with van der Waals surface area (Å²) in [5.41, 5.74) is 2.68. The maximum absolute atomic E-state index is 12.5. The first-order valence-electron chi connectivity index (χ1n) is 8.89. The summed E-state index contributed by atoms with van der Waals surface area (Å²) < 4.78 is 5.23. The molecule has 0 aliphatic carbocycles. The highest BCUT2D eigenvalue weighted by molar-refractivity contribution is 6.32. The fraction of sp³-hybridized carbons (Fsp3) is 0.0909. The number of halogens is 1. The number of hydrogen-bond donors (Lipinski definition) is 1. The number of ether oxygens (including phenoxy) is 1. The van der Waals surface area contributed by atoms with Gasteiger partial charge in [-0.15, -0.1) is 0 Å². The summed E-state index contributed by atoms with van der Waals surface area (Å²) in [5.74, 6) is -0.877. The minimum absolute atomic E-state index is 0.0113. The van der Waals surface area contributed by atoms with Crippen molar-refractivity contribution in [2.24, 2.45) is 0 Å². The van der Waals surface area contributed by atoms with Crippen molar-refractivity contribution in [3.63, 3.8) is 0 Å². The van der Waals surface area contributed by atoms with Crippen LogP contribution in [0.15, 0.2) is 60.7 Å². The Morgan fingerprint density at radius 2 is 1.63 bits per heavy atom. The van der Waals surface area contributed by atoms with Crippen LogP contribution < -0.4 is 10.1 Å². The SMILES string of the molecule is Cc1ccc(C)c(NC(=O)c2ccc(OC(=O)c3ccc(Cl)c([N+](=O)[O-])c3)cc2)c1. The zero-order valence-electron chi connectivity index (χ0n) is 16.1. The Kier molecular flexibility index (Phi) is 6.13. The second-order valence-corrected chi connectivity index (χ2v) is 7.02. The molecule has 0 unspecified atom stereocenters. The lowest BCUT2D eigenvalue weighted by molar-refractivity contribution is -0.384. The van der Waals surface area contributed by atoms with Crippen molar-refractivity contribution in [2.75, 3.05) is 5.32 Å². The van der Waals surface area contributed by atoms with Gasteiger partial charge in [0.05, 0.1) is 10.5 Å².